The number of nitro benzene ring substituents is 1. The Labute approximate surface area is 151 Å². The minimum atomic E-state index is -0.992. The highest BCUT2D eigenvalue weighted by Gasteiger charge is 2.17. The average Bonchev–Trinajstić information content (AvgIpc) is 2.66. The molecule has 0 saturated carbocycles. The van der Waals surface area contributed by atoms with Crippen molar-refractivity contribution in [3.63, 3.8) is 0 Å². The van der Waals surface area contributed by atoms with E-state index in [1.807, 2.05) is 0 Å². The van der Waals surface area contributed by atoms with Crippen molar-refractivity contribution < 1.29 is 23.7 Å². The topological polar surface area (TPSA) is 129 Å². The van der Waals surface area contributed by atoms with Crippen LogP contribution in [0.3, 0.4) is 0 Å². The lowest BCUT2D eigenvalue weighted by molar-refractivity contribution is -0.384. The number of carbonyl (C=O) groups is 2. The number of nitrogens with one attached hydrogen (secondary N) is 1. The lowest BCUT2D eigenvalue weighted by Gasteiger charge is -2.06. The molecule has 27 heavy (non-hydrogen) atoms. The van der Waals surface area contributed by atoms with Crippen LogP contribution >= 0.6 is 0 Å². The minimum Gasteiger partial charge on any atom is -0.452 e. The lowest BCUT2D eigenvalue weighted by Crippen LogP contribution is -2.23. The van der Waals surface area contributed by atoms with Gasteiger partial charge in [-0.15, -0.1) is 0 Å². The number of anilines is 1. The van der Waals surface area contributed by atoms with Crippen LogP contribution in [0, 0.1) is 10.1 Å². The van der Waals surface area contributed by atoms with Crippen LogP contribution in [0.4, 0.5) is 11.4 Å². The zero-order valence-corrected chi connectivity index (χ0v) is 13.7. The Morgan fingerprint density at radius 2 is 1.81 bits per heavy atom. The van der Waals surface area contributed by atoms with E-state index in [2.05, 4.69) is 5.32 Å². The van der Waals surface area contributed by atoms with Crippen LogP contribution in [0.1, 0.15) is 10.4 Å². The summed E-state index contributed by atoms with van der Waals surface area (Å²) in [5.74, 6) is -1.66. The summed E-state index contributed by atoms with van der Waals surface area (Å²) in [6.07, 6.45) is 0. The number of non-ortho nitro benzene ring substituents is 1. The second-order valence-corrected chi connectivity index (χ2v) is 5.41. The normalized spacial score (nSPS) is 10.4. The Bertz CT molecular complexity index is 1090. The molecule has 136 valence electrons. The smallest absolute Gasteiger partial charge is 0.351 e. The zero-order valence-electron chi connectivity index (χ0n) is 13.7. The summed E-state index contributed by atoms with van der Waals surface area (Å²) in [6, 6.07) is 13.1. The number of hydrogen-bond acceptors (Lipinski definition) is 7. The number of carbonyl (C=O) groups excluding carboxylic acids is 2. The van der Waals surface area contributed by atoms with Crippen LogP contribution in [0.15, 0.2) is 63.8 Å². The third-order valence-corrected chi connectivity index (χ3v) is 3.56. The van der Waals surface area contributed by atoms with E-state index in [4.69, 9.17) is 9.15 Å². The molecule has 1 N–H and O–H groups in total. The molecule has 0 aliphatic heterocycles. The summed E-state index contributed by atoms with van der Waals surface area (Å²) < 4.78 is 9.87. The molecule has 0 aliphatic rings. The van der Waals surface area contributed by atoms with Crippen molar-refractivity contribution in [2.75, 3.05) is 11.9 Å². The highest BCUT2D eigenvalue weighted by atomic mass is 16.6. The van der Waals surface area contributed by atoms with Crippen LogP contribution in [-0.2, 0) is 9.53 Å². The van der Waals surface area contributed by atoms with Gasteiger partial charge in [0.25, 0.3) is 11.6 Å². The number of hydrogen-bond donors (Lipinski definition) is 1. The second-order valence-electron chi connectivity index (χ2n) is 5.41. The molecule has 9 heteroatoms. The summed E-state index contributed by atoms with van der Waals surface area (Å²) in [5.41, 5.74) is -0.685. The third kappa shape index (κ3) is 4.15. The first kappa shape index (κ1) is 17.8. The van der Waals surface area contributed by atoms with Gasteiger partial charge in [0.15, 0.2) is 6.61 Å². The summed E-state index contributed by atoms with van der Waals surface area (Å²) in [6.45, 7) is -0.637. The Morgan fingerprint density at radius 3 is 2.52 bits per heavy atom. The van der Waals surface area contributed by atoms with E-state index < -0.39 is 29.0 Å². The number of amides is 1. The minimum absolute atomic E-state index is 0.123. The van der Waals surface area contributed by atoms with Crippen LogP contribution in [0.2, 0.25) is 0 Å². The van der Waals surface area contributed by atoms with Crippen molar-refractivity contribution in [2.24, 2.45) is 0 Å². The quantitative estimate of drug-likeness (QED) is 0.317. The number of nitro groups is 1. The molecule has 2 aromatic carbocycles. The Balaban J connectivity index is 1.63. The van der Waals surface area contributed by atoms with E-state index in [0.29, 0.717) is 16.7 Å². The molecule has 0 aliphatic carbocycles. The van der Waals surface area contributed by atoms with Gasteiger partial charge >= 0.3 is 11.6 Å². The van der Waals surface area contributed by atoms with E-state index in [1.54, 1.807) is 24.3 Å². The van der Waals surface area contributed by atoms with Crippen molar-refractivity contribution in [3.05, 3.63) is 80.7 Å². The molecule has 0 fully saturated rings. The maximum absolute atomic E-state index is 12.0. The maximum atomic E-state index is 12.0. The molecule has 0 spiro atoms. The van der Waals surface area contributed by atoms with Crippen molar-refractivity contribution >= 4 is 34.2 Å². The first-order valence-electron chi connectivity index (χ1n) is 7.68. The first-order chi connectivity index (χ1) is 12.9. The maximum Gasteiger partial charge on any atom is 0.351 e. The predicted octanol–water partition coefficient (Wildman–Crippen LogP) is 2.50. The second kappa shape index (κ2) is 7.48. The van der Waals surface area contributed by atoms with Gasteiger partial charge in [-0.1, -0.05) is 18.2 Å². The van der Waals surface area contributed by atoms with Gasteiger partial charge < -0.3 is 14.5 Å². The third-order valence-electron chi connectivity index (χ3n) is 3.56. The summed E-state index contributed by atoms with van der Waals surface area (Å²) in [5, 5.41) is 13.5. The van der Waals surface area contributed by atoms with Gasteiger partial charge in [0, 0.05) is 23.2 Å². The van der Waals surface area contributed by atoms with E-state index in [1.165, 1.54) is 30.3 Å². The van der Waals surface area contributed by atoms with Gasteiger partial charge in [-0.05, 0) is 24.3 Å². The fourth-order valence-electron chi connectivity index (χ4n) is 2.28. The fourth-order valence-corrected chi connectivity index (χ4v) is 2.28. The molecule has 3 rings (SSSR count). The molecule has 0 atom stereocenters. The van der Waals surface area contributed by atoms with Gasteiger partial charge in [0.05, 0.1) is 4.92 Å². The van der Waals surface area contributed by atoms with Crippen LogP contribution < -0.4 is 10.9 Å². The van der Waals surface area contributed by atoms with Crippen LogP contribution in [-0.4, -0.2) is 23.4 Å². The molecule has 3 aromatic rings. The van der Waals surface area contributed by atoms with Crippen molar-refractivity contribution in [1.29, 1.82) is 0 Å². The number of ether oxygens (including phenoxy) is 1. The van der Waals surface area contributed by atoms with Crippen molar-refractivity contribution in [1.82, 2.24) is 0 Å². The molecule has 1 amide bonds. The molecule has 0 unspecified atom stereocenters. The first-order valence-corrected chi connectivity index (χ1v) is 7.68. The Morgan fingerprint density at radius 1 is 1.11 bits per heavy atom. The van der Waals surface area contributed by atoms with Gasteiger partial charge in [0.1, 0.15) is 11.1 Å². The van der Waals surface area contributed by atoms with Gasteiger partial charge in [-0.2, -0.15) is 0 Å². The van der Waals surface area contributed by atoms with Gasteiger partial charge in [0.2, 0.25) is 0 Å². The average molecular weight is 368 g/mol. The summed E-state index contributed by atoms with van der Waals surface area (Å²) in [7, 11) is 0. The predicted molar refractivity (Wildman–Crippen MR) is 94.5 cm³/mol. The van der Waals surface area contributed by atoms with Gasteiger partial charge in [-0.25, -0.2) is 9.59 Å². The SMILES string of the molecule is O=C(COC(=O)c1cc2ccccc2oc1=O)Nc1ccc([N+](=O)[O-])cc1. The Hall–Kier alpha value is -4.01. The summed E-state index contributed by atoms with van der Waals surface area (Å²) in [4.78, 5) is 45.8. The summed E-state index contributed by atoms with van der Waals surface area (Å²) >= 11 is 0. The van der Waals surface area contributed by atoms with Crippen molar-refractivity contribution in [3.8, 4) is 0 Å². The number of nitrogens with zero attached hydrogens (tertiary/aromatic N) is 1. The molecule has 1 aromatic heterocycles. The highest BCUT2D eigenvalue weighted by molar-refractivity contribution is 5.96. The van der Waals surface area contributed by atoms with E-state index >= 15 is 0 Å². The largest absolute Gasteiger partial charge is 0.452 e. The zero-order chi connectivity index (χ0) is 19.4. The number of para-hydroxylation sites is 1. The van der Waals surface area contributed by atoms with E-state index in [9.17, 15) is 24.5 Å². The monoisotopic (exact) mass is 368 g/mol. The number of rotatable bonds is 5. The van der Waals surface area contributed by atoms with Crippen molar-refractivity contribution in [2.45, 2.75) is 0 Å². The van der Waals surface area contributed by atoms with Crippen LogP contribution in [0.25, 0.3) is 11.0 Å². The fraction of sp³-hybridized carbons (Fsp3) is 0.0556. The Kier molecular flexibility index (Phi) is 4.93. The molecular weight excluding hydrogens is 356 g/mol. The van der Waals surface area contributed by atoms with Gasteiger partial charge in [-0.3, -0.25) is 14.9 Å². The molecule has 0 bridgehead atoms. The molecular formula is C18H12N2O7. The van der Waals surface area contributed by atoms with Crippen LogP contribution in [0.5, 0.6) is 0 Å². The lowest BCUT2D eigenvalue weighted by atomic mass is 10.2. The highest BCUT2D eigenvalue weighted by Crippen LogP contribution is 2.15. The van der Waals surface area contributed by atoms with E-state index in [0.717, 1.165) is 0 Å². The van der Waals surface area contributed by atoms with E-state index in [-0.39, 0.29) is 11.3 Å². The number of fused-ring (bicyclic) bond motifs is 1. The molecule has 0 radical (unpaired) electrons. The number of esters is 1. The molecule has 1 heterocycles. The number of benzene rings is 2. The standard InChI is InChI=1S/C18H12N2O7/c21-16(19-12-5-7-13(8-6-12)20(24)25)10-26-17(22)14-9-11-3-1-2-4-15(11)27-18(14)23/h1-9H,10H2,(H,19,21). The molecule has 9 nitrogen and oxygen atoms in total. The molecule has 0 saturated heterocycles.